The molecule has 0 aliphatic carbocycles. The van der Waals surface area contributed by atoms with Gasteiger partial charge in [0.2, 0.25) is 0 Å². The van der Waals surface area contributed by atoms with Gasteiger partial charge in [-0.25, -0.2) is 43.9 Å². The lowest BCUT2D eigenvalue weighted by Gasteiger charge is -2.39. The van der Waals surface area contributed by atoms with Gasteiger partial charge in [0, 0.05) is 6.42 Å². The maximum atomic E-state index is 15.5. The highest BCUT2D eigenvalue weighted by molar-refractivity contribution is 7.73. The van der Waals surface area contributed by atoms with E-state index in [1.54, 1.807) is 67.6 Å². The summed E-state index contributed by atoms with van der Waals surface area (Å²) in [6, 6.07) is 16.9. The summed E-state index contributed by atoms with van der Waals surface area (Å²) in [5.74, 6) is -20.1. The molecule has 0 unspecified atom stereocenters. The van der Waals surface area contributed by atoms with E-state index in [0.29, 0.717) is 10.6 Å². The average molecular weight is 625 g/mol. The summed E-state index contributed by atoms with van der Waals surface area (Å²) in [5.41, 5.74) is -3.50. The Morgan fingerprint density at radius 1 is 0.535 bits per heavy atom. The van der Waals surface area contributed by atoms with Crippen LogP contribution >= 0.6 is 7.92 Å². The van der Waals surface area contributed by atoms with Crippen molar-refractivity contribution in [1.29, 1.82) is 0 Å². The normalized spacial score (nSPS) is 11.5. The van der Waals surface area contributed by atoms with Crippen molar-refractivity contribution in [3.05, 3.63) is 119 Å². The number of halogens is 10. The molecule has 0 nitrogen and oxygen atoms in total. The van der Waals surface area contributed by atoms with Crippen LogP contribution in [0.1, 0.15) is 19.8 Å². The zero-order chi connectivity index (χ0) is 31.5. The quantitative estimate of drug-likeness (QED) is 0.0489. The van der Waals surface area contributed by atoms with Gasteiger partial charge in [-0.2, -0.15) is 6.32 Å². The van der Waals surface area contributed by atoms with Gasteiger partial charge in [-0.1, -0.05) is 73.7 Å². The Balaban J connectivity index is 2.12. The number of hydrogen-bond donors (Lipinski definition) is 0. The van der Waals surface area contributed by atoms with Crippen molar-refractivity contribution in [3.63, 3.8) is 0 Å². The second kappa shape index (κ2) is 13.3. The smallest absolute Gasteiger partial charge is 0.200 e. The van der Waals surface area contributed by atoms with Crippen LogP contribution < -0.4 is 21.5 Å². The molecule has 12 heteroatoms. The molecule has 0 fully saturated rings. The molecular weight excluding hydrogens is 604 g/mol. The van der Waals surface area contributed by atoms with E-state index < -0.39 is 89.5 Å². The van der Waals surface area contributed by atoms with E-state index >= 15 is 17.6 Å². The third-order valence-electron chi connectivity index (χ3n) is 7.12. The van der Waals surface area contributed by atoms with Gasteiger partial charge in [0.1, 0.15) is 29.4 Å². The van der Waals surface area contributed by atoms with Crippen LogP contribution in [0.2, 0.25) is 6.32 Å². The largest absolute Gasteiger partial charge is 0.303 e. The van der Waals surface area contributed by atoms with Crippen molar-refractivity contribution in [2.24, 2.45) is 0 Å². The first kappa shape index (κ1) is 32.2. The lowest BCUT2D eigenvalue weighted by atomic mass is 9.17. The van der Waals surface area contributed by atoms with Gasteiger partial charge in [0.05, 0.1) is 0 Å². The fourth-order valence-corrected chi connectivity index (χ4v) is 7.60. The first-order chi connectivity index (χ1) is 20.5. The first-order valence-corrected chi connectivity index (χ1v) is 14.6. The fourth-order valence-electron chi connectivity index (χ4n) is 5.08. The Hall–Kier alpha value is -3.77. The van der Waals surface area contributed by atoms with Gasteiger partial charge >= 0.3 is 0 Å². The first-order valence-electron chi connectivity index (χ1n) is 13.1. The highest BCUT2D eigenvalue weighted by Crippen LogP contribution is 2.37. The minimum Gasteiger partial charge on any atom is -0.303 e. The molecule has 43 heavy (non-hydrogen) atoms. The lowest BCUT2D eigenvalue weighted by Crippen LogP contribution is -2.64. The molecule has 0 spiro atoms. The molecule has 0 aliphatic heterocycles. The van der Waals surface area contributed by atoms with E-state index in [4.69, 9.17) is 0 Å². The molecule has 0 saturated carbocycles. The molecule has 0 aliphatic rings. The number of benzene rings is 4. The average Bonchev–Trinajstić information content (AvgIpc) is 3.02. The molecule has 4 rings (SSSR count). The number of hydrogen-bond acceptors (Lipinski definition) is 0. The van der Waals surface area contributed by atoms with Gasteiger partial charge in [-0.15, -0.1) is 16.8 Å². The van der Waals surface area contributed by atoms with Crippen molar-refractivity contribution in [1.82, 2.24) is 0 Å². The van der Waals surface area contributed by atoms with Crippen molar-refractivity contribution in [2.45, 2.75) is 26.1 Å². The van der Waals surface area contributed by atoms with Crippen molar-refractivity contribution >= 4 is 35.6 Å². The van der Waals surface area contributed by atoms with Gasteiger partial charge in [0.25, 0.3) is 0 Å². The third kappa shape index (κ3) is 5.90. The molecule has 0 N–H and O–H groups in total. The molecule has 0 aromatic heterocycles. The van der Waals surface area contributed by atoms with Crippen LogP contribution in [0.25, 0.3) is 0 Å². The van der Waals surface area contributed by atoms with E-state index in [2.05, 4.69) is 11.7 Å². The van der Waals surface area contributed by atoms with Gasteiger partial charge in [-0.05, 0) is 25.0 Å². The number of rotatable bonds is 8. The topological polar surface area (TPSA) is 0 Å². The molecule has 0 saturated heterocycles. The summed E-state index contributed by atoms with van der Waals surface area (Å²) in [7, 11) is -1.56. The summed E-state index contributed by atoms with van der Waals surface area (Å²) >= 11 is 0. The van der Waals surface area contributed by atoms with Gasteiger partial charge < -0.3 is 5.82 Å². The molecular formula is C31H21BF10P-. The monoisotopic (exact) mass is 625 g/mol. The lowest BCUT2D eigenvalue weighted by molar-refractivity contribution is 0.381. The Morgan fingerprint density at radius 2 is 0.884 bits per heavy atom. The Bertz CT molecular complexity index is 1530. The third-order valence-corrected chi connectivity index (χ3v) is 9.67. The van der Waals surface area contributed by atoms with E-state index in [-0.39, 0.29) is 19.0 Å². The Morgan fingerprint density at radius 3 is 1.23 bits per heavy atom. The van der Waals surface area contributed by atoms with Crippen LogP contribution in [-0.4, -0.2) is 12.3 Å². The van der Waals surface area contributed by atoms with Crippen molar-refractivity contribution in [3.8, 4) is 11.7 Å². The van der Waals surface area contributed by atoms with Crippen LogP contribution in [0.3, 0.4) is 0 Å². The predicted octanol–water partition coefficient (Wildman–Crippen LogP) is 7.12. The van der Waals surface area contributed by atoms with E-state index in [1.165, 1.54) is 0 Å². The Kier molecular flexibility index (Phi) is 9.91. The SMILES string of the molecule is CCCC#C[B-](CCP(c1ccccc1)c1ccccc1)(c1c(F)c(F)c(F)c(F)c1F)c1c(F)c(F)c(F)c(F)c1F. The van der Waals surface area contributed by atoms with E-state index in [1.807, 2.05) is 0 Å². The second-order valence-electron chi connectivity index (χ2n) is 9.70. The molecule has 4 aromatic rings. The van der Waals surface area contributed by atoms with Crippen LogP contribution in [0, 0.1) is 69.9 Å². The van der Waals surface area contributed by atoms with Crippen molar-refractivity contribution in [2.75, 3.05) is 6.16 Å². The Labute approximate surface area is 242 Å². The van der Waals surface area contributed by atoms with Crippen LogP contribution in [0.5, 0.6) is 0 Å². The molecule has 0 heterocycles. The second-order valence-corrected chi connectivity index (χ2v) is 12.0. The molecule has 0 atom stereocenters. The minimum atomic E-state index is -4.19. The maximum Gasteiger partial charge on any atom is 0.200 e. The molecule has 224 valence electrons. The molecule has 0 bridgehead atoms. The molecule has 0 amide bonds. The zero-order valence-corrected chi connectivity index (χ0v) is 23.3. The summed E-state index contributed by atoms with van der Waals surface area (Å²) in [4.78, 5) is 0. The number of unbranched alkanes of at least 4 members (excludes halogenated alkanes) is 1. The summed E-state index contributed by atoms with van der Waals surface area (Å²) in [6.45, 7) is 1.62. The molecule has 4 aromatic carbocycles. The van der Waals surface area contributed by atoms with Crippen LogP contribution in [-0.2, 0) is 0 Å². The summed E-state index contributed by atoms with van der Waals surface area (Å²) in [5, 5.41) is 1.31. The highest BCUT2D eigenvalue weighted by atomic mass is 31.1. The van der Waals surface area contributed by atoms with Crippen LogP contribution in [0.4, 0.5) is 43.9 Å². The molecule has 0 radical (unpaired) electrons. The minimum absolute atomic E-state index is 0.0829. The standard InChI is InChI=1S/C31H21BF10P/c1-2-3-10-15-32(20-22(33)26(37)30(41)27(38)23(20)34,21-24(35)28(39)31(42)29(40)25(21)36)16-17-43(18-11-6-4-7-12-18)19-13-8-5-9-14-19/h4-9,11-14H,2-3,16-17H2,1H3/q-1. The maximum absolute atomic E-state index is 15.5. The van der Waals surface area contributed by atoms with Crippen LogP contribution in [0.15, 0.2) is 60.7 Å². The summed E-state index contributed by atoms with van der Waals surface area (Å²) < 4.78 is 149. The fraction of sp³-hybridized carbons (Fsp3) is 0.161. The predicted molar refractivity (Wildman–Crippen MR) is 149 cm³/mol. The van der Waals surface area contributed by atoms with E-state index in [0.717, 1.165) is 0 Å². The van der Waals surface area contributed by atoms with Crippen molar-refractivity contribution < 1.29 is 43.9 Å². The van der Waals surface area contributed by atoms with Gasteiger partial charge in [0.15, 0.2) is 34.9 Å². The van der Waals surface area contributed by atoms with Gasteiger partial charge in [-0.3, -0.25) is 0 Å². The summed E-state index contributed by atoms with van der Waals surface area (Å²) in [6.07, 6.45) is -5.07. The zero-order valence-electron chi connectivity index (χ0n) is 22.4. The van der Waals surface area contributed by atoms with E-state index in [9.17, 15) is 26.3 Å². The highest BCUT2D eigenvalue weighted by Gasteiger charge is 2.42.